The minimum absolute atomic E-state index is 1.05. The number of aryl methyl sites for hydroxylation is 1. The Kier molecular flexibility index (Phi) is 2.81. The highest BCUT2D eigenvalue weighted by atomic mass is 14.6. The van der Waals surface area contributed by atoms with Crippen molar-refractivity contribution < 1.29 is 0 Å². The van der Waals surface area contributed by atoms with Crippen LogP contribution in [0.15, 0.2) is 24.9 Å². The molecule has 0 radical (unpaired) electrons. The SMILES string of the molecule is C=C/C=c1/cnc(C)c/c1=C/C. The van der Waals surface area contributed by atoms with Gasteiger partial charge in [-0.2, -0.15) is 0 Å². The first-order chi connectivity index (χ1) is 5.77. The van der Waals surface area contributed by atoms with Gasteiger partial charge >= 0.3 is 0 Å². The van der Waals surface area contributed by atoms with Crippen LogP contribution in [0.5, 0.6) is 0 Å². The topological polar surface area (TPSA) is 12.9 Å². The molecule has 62 valence electrons. The Labute approximate surface area is 72.8 Å². The first kappa shape index (κ1) is 8.72. The molecule has 0 aliphatic rings. The van der Waals surface area contributed by atoms with Crippen molar-refractivity contribution in [2.24, 2.45) is 0 Å². The lowest BCUT2D eigenvalue weighted by molar-refractivity contribution is 1.17. The van der Waals surface area contributed by atoms with Crippen LogP contribution in [0.4, 0.5) is 0 Å². The monoisotopic (exact) mass is 159 g/mol. The number of pyridine rings is 1. The number of hydrogen-bond acceptors (Lipinski definition) is 1. The van der Waals surface area contributed by atoms with Crippen LogP contribution in [-0.4, -0.2) is 4.98 Å². The zero-order chi connectivity index (χ0) is 8.97. The summed E-state index contributed by atoms with van der Waals surface area (Å²) in [5.74, 6) is 0. The molecule has 0 saturated carbocycles. The van der Waals surface area contributed by atoms with E-state index in [4.69, 9.17) is 0 Å². The molecule has 0 saturated heterocycles. The summed E-state index contributed by atoms with van der Waals surface area (Å²) in [6.45, 7) is 7.67. The molecule has 1 heteroatoms. The number of rotatable bonds is 1. The van der Waals surface area contributed by atoms with Crippen LogP contribution in [0.1, 0.15) is 12.6 Å². The molecule has 0 amide bonds. The van der Waals surface area contributed by atoms with Crippen molar-refractivity contribution in [3.05, 3.63) is 41.0 Å². The second-order valence-corrected chi connectivity index (χ2v) is 2.65. The maximum absolute atomic E-state index is 4.21. The largest absolute Gasteiger partial charge is 0.261 e. The summed E-state index contributed by atoms with van der Waals surface area (Å²) in [6.07, 6.45) is 7.68. The molecule has 0 spiro atoms. The fraction of sp³-hybridized carbons (Fsp3) is 0.182. The Hall–Kier alpha value is -1.37. The van der Waals surface area contributed by atoms with Crippen molar-refractivity contribution in [2.75, 3.05) is 0 Å². The van der Waals surface area contributed by atoms with Gasteiger partial charge in [0.05, 0.1) is 0 Å². The molecule has 0 atom stereocenters. The minimum Gasteiger partial charge on any atom is -0.261 e. The molecular weight excluding hydrogens is 146 g/mol. The lowest BCUT2D eigenvalue weighted by Crippen LogP contribution is -2.24. The van der Waals surface area contributed by atoms with Gasteiger partial charge in [-0.05, 0) is 30.4 Å². The van der Waals surface area contributed by atoms with Crippen molar-refractivity contribution >= 4 is 12.2 Å². The van der Waals surface area contributed by atoms with Gasteiger partial charge < -0.3 is 0 Å². The molecule has 1 aromatic heterocycles. The van der Waals surface area contributed by atoms with Gasteiger partial charge in [0.2, 0.25) is 0 Å². The van der Waals surface area contributed by atoms with Crippen molar-refractivity contribution in [2.45, 2.75) is 13.8 Å². The first-order valence-electron chi connectivity index (χ1n) is 3.99. The van der Waals surface area contributed by atoms with Gasteiger partial charge in [-0.1, -0.05) is 24.8 Å². The van der Waals surface area contributed by atoms with Gasteiger partial charge in [0.1, 0.15) is 0 Å². The van der Waals surface area contributed by atoms with Gasteiger partial charge in [0, 0.05) is 11.9 Å². The molecule has 0 bridgehead atoms. The number of nitrogens with zero attached hydrogens (tertiary/aromatic N) is 1. The van der Waals surface area contributed by atoms with Gasteiger partial charge in [0.25, 0.3) is 0 Å². The summed E-state index contributed by atoms with van der Waals surface area (Å²) < 4.78 is 0. The van der Waals surface area contributed by atoms with Crippen LogP contribution in [0.2, 0.25) is 0 Å². The smallest absolute Gasteiger partial charge is 0.0378 e. The molecule has 1 aromatic rings. The second kappa shape index (κ2) is 3.86. The summed E-state index contributed by atoms with van der Waals surface area (Å²) in [5, 5.41) is 2.33. The van der Waals surface area contributed by atoms with E-state index in [0.29, 0.717) is 0 Å². The van der Waals surface area contributed by atoms with Crippen LogP contribution < -0.4 is 10.4 Å². The maximum atomic E-state index is 4.21. The number of aromatic nitrogens is 1. The van der Waals surface area contributed by atoms with Gasteiger partial charge in [0.15, 0.2) is 0 Å². The summed E-state index contributed by atoms with van der Waals surface area (Å²) in [7, 11) is 0. The fourth-order valence-electron chi connectivity index (χ4n) is 1.11. The minimum atomic E-state index is 1.05. The van der Waals surface area contributed by atoms with E-state index in [-0.39, 0.29) is 0 Å². The average molecular weight is 159 g/mol. The van der Waals surface area contributed by atoms with E-state index >= 15 is 0 Å². The highest BCUT2D eigenvalue weighted by molar-refractivity contribution is 5.37. The molecule has 1 nitrogen and oxygen atoms in total. The molecule has 0 aliphatic heterocycles. The summed E-state index contributed by atoms with van der Waals surface area (Å²) in [4.78, 5) is 4.21. The molecule has 1 rings (SSSR count). The van der Waals surface area contributed by atoms with E-state index in [9.17, 15) is 0 Å². The third kappa shape index (κ3) is 1.82. The molecule has 0 N–H and O–H groups in total. The van der Waals surface area contributed by atoms with Crippen LogP contribution in [-0.2, 0) is 0 Å². The molecular formula is C11H13N. The second-order valence-electron chi connectivity index (χ2n) is 2.65. The van der Waals surface area contributed by atoms with Crippen molar-refractivity contribution in [3.8, 4) is 0 Å². The van der Waals surface area contributed by atoms with Crippen LogP contribution >= 0.6 is 0 Å². The average Bonchev–Trinajstić information content (AvgIpc) is 2.08. The Bertz CT molecular complexity index is 388. The molecule has 0 unspecified atom stereocenters. The number of hydrogen-bond donors (Lipinski definition) is 0. The summed E-state index contributed by atoms with van der Waals surface area (Å²) >= 11 is 0. The summed E-state index contributed by atoms with van der Waals surface area (Å²) in [5.41, 5.74) is 1.05. The molecule has 12 heavy (non-hydrogen) atoms. The zero-order valence-corrected chi connectivity index (χ0v) is 7.54. The number of allylic oxidation sites excluding steroid dienone is 1. The van der Waals surface area contributed by atoms with Crippen LogP contribution in [0, 0.1) is 6.92 Å². The van der Waals surface area contributed by atoms with Crippen LogP contribution in [0.25, 0.3) is 12.2 Å². The maximum Gasteiger partial charge on any atom is 0.0378 e. The van der Waals surface area contributed by atoms with E-state index < -0.39 is 0 Å². The summed E-state index contributed by atoms with van der Waals surface area (Å²) in [6, 6.07) is 2.06. The molecule has 0 aromatic carbocycles. The van der Waals surface area contributed by atoms with Gasteiger partial charge in [-0.25, -0.2) is 0 Å². The molecule has 0 fully saturated rings. The van der Waals surface area contributed by atoms with Gasteiger partial charge in [-0.3, -0.25) is 4.98 Å². The predicted octanol–water partition coefficient (Wildman–Crippen LogP) is 1.16. The Morgan fingerprint density at radius 1 is 1.42 bits per heavy atom. The van der Waals surface area contributed by atoms with Crippen LogP contribution in [0.3, 0.4) is 0 Å². The quantitative estimate of drug-likeness (QED) is 0.599. The lowest BCUT2D eigenvalue weighted by Gasteiger charge is -1.91. The van der Waals surface area contributed by atoms with E-state index in [0.717, 1.165) is 10.9 Å². The Balaban J connectivity index is 3.52. The van der Waals surface area contributed by atoms with E-state index in [1.54, 1.807) is 6.08 Å². The predicted molar refractivity (Wildman–Crippen MR) is 53.0 cm³/mol. The lowest BCUT2D eigenvalue weighted by atomic mass is 10.2. The normalized spacial score (nSPS) is 13.5. The van der Waals surface area contributed by atoms with Crippen molar-refractivity contribution in [1.29, 1.82) is 0 Å². The Morgan fingerprint density at radius 3 is 2.75 bits per heavy atom. The standard InChI is InChI=1S/C11H13N/c1-4-6-11-8-12-9(3)7-10(11)5-2/h4-8H,1H2,2-3H3/b10-5-,11-6-. The highest BCUT2D eigenvalue weighted by Crippen LogP contribution is 1.79. The van der Waals surface area contributed by atoms with E-state index in [2.05, 4.69) is 23.7 Å². The molecule has 1 heterocycles. The van der Waals surface area contributed by atoms with Crippen molar-refractivity contribution in [1.82, 2.24) is 4.98 Å². The third-order valence-corrected chi connectivity index (χ3v) is 1.71. The third-order valence-electron chi connectivity index (χ3n) is 1.71. The van der Waals surface area contributed by atoms with E-state index in [1.165, 1.54) is 5.22 Å². The zero-order valence-electron chi connectivity index (χ0n) is 7.54. The van der Waals surface area contributed by atoms with Crippen molar-refractivity contribution in [3.63, 3.8) is 0 Å². The fourth-order valence-corrected chi connectivity index (χ4v) is 1.11. The molecule has 0 aliphatic carbocycles. The highest BCUT2D eigenvalue weighted by Gasteiger charge is 1.85. The van der Waals surface area contributed by atoms with Gasteiger partial charge in [-0.15, -0.1) is 0 Å². The Morgan fingerprint density at radius 2 is 2.17 bits per heavy atom. The van der Waals surface area contributed by atoms with E-state index in [1.807, 2.05) is 26.1 Å². The first-order valence-corrected chi connectivity index (χ1v) is 3.99.